The molecular formula is C26H21N3O7. The number of ether oxygens (including phenoxy) is 3. The second-order valence-electron chi connectivity index (χ2n) is 7.69. The maximum atomic E-state index is 12.4. The van der Waals surface area contributed by atoms with Gasteiger partial charge in [0.2, 0.25) is 0 Å². The zero-order chi connectivity index (χ0) is 25.5. The molecule has 1 aliphatic heterocycles. The van der Waals surface area contributed by atoms with Gasteiger partial charge in [-0.05, 0) is 58.7 Å². The smallest absolute Gasteiger partial charge is 0.336 e. The lowest BCUT2D eigenvalue weighted by Crippen LogP contribution is -2.17. The second kappa shape index (κ2) is 11.1. The molecule has 3 aromatic carbocycles. The number of fused-ring (bicyclic) bond motifs is 1. The molecule has 0 spiro atoms. The summed E-state index contributed by atoms with van der Waals surface area (Å²) in [6.07, 6.45) is 4.01. The van der Waals surface area contributed by atoms with E-state index >= 15 is 0 Å². The average molecular weight is 487 g/mol. The summed E-state index contributed by atoms with van der Waals surface area (Å²) in [6.45, 7) is 1.04. The van der Waals surface area contributed by atoms with Crippen LogP contribution in [0.2, 0.25) is 0 Å². The van der Waals surface area contributed by atoms with Crippen LogP contribution in [0.4, 0.5) is 5.69 Å². The highest BCUT2D eigenvalue weighted by molar-refractivity contribution is 5.95. The standard InChI is InChI=1S/C26H21N3O7/c1-34-24-12-18(14-27-28-26(31)19-7-8-20-15-35-16-21(20)13-19)5-9-23(24)36-25(30)10-6-17-3-2-4-22(11-17)29(32)33/h2-14H,15-16H2,1H3,(H,28,31)/b10-6+,27-14?. The molecule has 0 aliphatic carbocycles. The van der Waals surface area contributed by atoms with Gasteiger partial charge in [-0.3, -0.25) is 14.9 Å². The van der Waals surface area contributed by atoms with Gasteiger partial charge in [0.25, 0.3) is 11.6 Å². The summed E-state index contributed by atoms with van der Waals surface area (Å²) < 4.78 is 16.0. The Morgan fingerprint density at radius 2 is 1.86 bits per heavy atom. The number of hydrogen-bond donors (Lipinski definition) is 1. The number of carbonyl (C=O) groups excluding carboxylic acids is 2. The average Bonchev–Trinajstić information content (AvgIpc) is 3.36. The SMILES string of the molecule is COc1cc(C=NNC(=O)c2ccc3c(c2)COC3)ccc1OC(=O)/C=C/c1cccc([N+](=O)[O-])c1. The van der Waals surface area contributed by atoms with E-state index in [-0.39, 0.29) is 23.1 Å². The van der Waals surface area contributed by atoms with E-state index in [2.05, 4.69) is 10.5 Å². The quantitative estimate of drug-likeness (QED) is 0.127. The van der Waals surface area contributed by atoms with Crippen molar-refractivity contribution in [2.45, 2.75) is 13.2 Å². The van der Waals surface area contributed by atoms with Crippen molar-refractivity contribution in [1.29, 1.82) is 0 Å². The number of hydrogen-bond acceptors (Lipinski definition) is 8. The summed E-state index contributed by atoms with van der Waals surface area (Å²) in [7, 11) is 1.42. The van der Waals surface area contributed by atoms with Gasteiger partial charge in [-0.15, -0.1) is 0 Å². The van der Waals surface area contributed by atoms with Gasteiger partial charge in [-0.1, -0.05) is 18.2 Å². The van der Waals surface area contributed by atoms with Crippen molar-refractivity contribution in [2.24, 2.45) is 5.10 Å². The molecule has 4 rings (SSSR count). The highest BCUT2D eigenvalue weighted by atomic mass is 16.6. The summed E-state index contributed by atoms with van der Waals surface area (Å²) >= 11 is 0. The Hall–Kier alpha value is -4.83. The van der Waals surface area contributed by atoms with Gasteiger partial charge < -0.3 is 14.2 Å². The van der Waals surface area contributed by atoms with Gasteiger partial charge in [0.05, 0.1) is 31.5 Å². The zero-order valence-corrected chi connectivity index (χ0v) is 19.2. The normalized spacial score (nSPS) is 12.5. The molecule has 0 radical (unpaired) electrons. The molecule has 0 bridgehead atoms. The monoisotopic (exact) mass is 487 g/mol. The molecule has 1 amide bonds. The molecule has 0 saturated carbocycles. The number of benzene rings is 3. The number of methoxy groups -OCH3 is 1. The van der Waals surface area contributed by atoms with Crippen LogP contribution >= 0.6 is 0 Å². The summed E-state index contributed by atoms with van der Waals surface area (Å²) in [4.78, 5) is 35.0. The molecule has 3 aromatic rings. The van der Waals surface area contributed by atoms with Crippen molar-refractivity contribution in [3.8, 4) is 11.5 Å². The van der Waals surface area contributed by atoms with Gasteiger partial charge in [0.15, 0.2) is 11.5 Å². The van der Waals surface area contributed by atoms with Gasteiger partial charge in [-0.2, -0.15) is 5.10 Å². The van der Waals surface area contributed by atoms with Gasteiger partial charge in [0, 0.05) is 23.8 Å². The summed E-state index contributed by atoms with van der Waals surface area (Å²) in [6, 6.07) is 16.0. The fourth-order valence-electron chi connectivity index (χ4n) is 3.44. The lowest BCUT2D eigenvalue weighted by molar-refractivity contribution is -0.384. The topological polar surface area (TPSA) is 129 Å². The summed E-state index contributed by atoms with van der Waals surface area (Å²) in [5, 5.41) is 14.9. The van der Waals surface area contributed by atoms with E-state index in [1.54, 1.807) is 30.3 Å². The fourth-order valence-corrected chi connectivity index (χ4v) is 3.44. The molecule has 0 unspecified atom stereocenters. The summed E-state index contributed by atoms with van der Waals surface area (Å²) in [5.41, 5.74) is 6.02. The van der Waals surface area contributed by atoms with Gasteiger partial charge in [0.1, 0.15) is 0 Å². The van der Waals surface area contributed by atoms with Crippen LogP contribution in [0.1, 0.15) is 32.6 Å². The van der Waals surface area contributed by atoms with Crippen LogP contribution in [-0.2, 0) is 22.7 Å². The van der Waals surface area contributed by atoms with Crippen molar-refractivity contribution in [3.05, 3.63) is 105 Å². The third-order valence-electron chi connectivity index (χ3n) is 5.25. The minimum atomic E-state index is -0.687. The number of carbonyl (C=O) groups is 2. The second-order valence-corrected chi connectivity index (χ2v) is 7.69. The Balaban J connectivity index is 1.37. The third-order valence-corrected chi connectivity index (χ3v) is 5.25. The van der Waals surface area contributed by atoms with Crippen LogP contribution in [0, 0.1) is 10.1 Å². The lowest BCUT2D eigenvalue weighted by atomic mass is 10.1. The Morgan fingerprint density at radius 1 is 1.03 bits per heavy atom. The zero-order valence-electron chi connectivity index (χ0n) is 19.2. The minimum Gasteiger partial charge on any atom is -0.493 e. The third kappa shape index (κ3) is 5.99. The molecule has 36 heavy (non-hydrogen) atoms. The Kier molecular flexibility index (Phi) is 7.47. The fraction of sp³-hybridized carbons (Fsp3) is 0.115. The van der Waals surface area contributed by atoms with E-state index in [9.17, 15) is 19.7 Å². The molecule has 182 valence electrons. The van der Waals surface area contributed by atoms with Crippen molar-refractivity contribution in [1.82, 2.24) is 5.43 Å². The molecule has 0 atom stereocenters. The Morgan fingerprint density at radius 3 is 2.67 bits per heavy atom. The van der Waals surface area contributed by atoms with Crippen molar-refractivity contribution in [3.63, 3.8) is 0 Å². The van der Waals surface area contributed by atoms with Gasteiger partial charge >= 0.3 is 5.97 Å². The van der Waals surface area contributed by atoms with Crippen molar-refractivity contribution in [2.75, 3.05) is 7.11 Å². The highest BCUT2D eigenvalue weighted by Gasteiger charge is 2.14. The first kappa shape index (κ1) is 24.3. The van der Waals surface area contributed by atoms with Crippen LogP contribution in [0.3, 0.4) is 0 Å². The molecule has 1 N–H and O–H groups in total. The molecule has 1 heterocycles. The Labute approximate surface area is 206 Å². The van der Waals surface area contributed by atoms with E-state index in [0.717, 1.165) is 17.2 Å². The number of nitrogens with one attached hydrogen (secondary N) is 1. The number of esters is 1. The first-order valence-electron chi connectivity index (χ1n) is 10.8. The first-order valence-corrected chi connectivity index (χ1v) is 10.8. The van der Waals surface area contributed by atoms with E-state index < -0.39 is 10.9 Å². The molecule has 0 fully saturated rings. The molecule has 10 nitrogen and oxygen atoms in total. The van der Waals surface area contributed by atoms with Crippen molar-refractivity contribution < 1.29 is 28.7 Å². The molecular weight excluding hydrogens is 466 g/mol. The maximum Gasteiger partial charge on any atom is 0.336 e. The van der Waals surface area contributed by atoms with E-state index in [1.165, 1.54) is 43.7 Å². The number of nitro groups is 1. The number of nitrogens with zero attached hydrogens (tertiary/aromatic N) is 2. The molecule has 10 heteroatoms. The number of rotatable bonds is 8. The largest absolute Gasteiger partial charge is 0.493 e. The number of hydrazone groups is 1. The van der Waals surface area contributed by atoms with Crippen LogP contribution in [0.5, 0.6) is 11.5 Å². The molecule has 0 saturated heterocycles. The molecule has 1 aliphatic rings. The van der Waals surface area contributed by atoms with E-state index in [0.29, 0.717) is 29.9 Å². The van der Waals surface area contributed by atoms with Crippen LogP contribution < -0.4 is 14.9 Å². The van der Waals surface area contributed by atoms with Crippen LogP contribution in [-0.4, -0.2) is 30.1 Å². The maximum absolute atomic E-state index is 12.4. The highest BCUT2D eigenvalue weighted by Crippen LogP contribution is 2.28. The van der Waals surface area contributed by atoms with E-state index in [1.807, 2.05) is 6.07 Å². The summed E-state index contributed by atoms with van der Waals surface area (Å²) in [5.74, 6) is -0.587. The van der Waals surface area contributed by atoms with E-state index in [4.69, 9.17) is 14.2 Å². The number of non-ortho nitro benzene ring substituents is 1. The number of amides is 1. The van der Waals surface area contributed by atoms with Crippen LogP contribution in [0.15, 0.2) is 71.8 Å². The number of nitro benzene ring substituents is 1. The predicted molar refractivity (Wildman–Crippen MR) is 131 cm³/mol. The predicted octanol–water partition coefficient (Wildman–Crippen LogP) is 4.02. The lowest BCUT2D eigenvalue weighted by Gasteiger charge is -2.08. The Bertz CT molecular complexity index is 1380. The van der Waals surface area contributed by atoms with Gasteiger partial charge in [-0.25, -0.2) is 10.2 Å². The first-order chi connectivity index (χ1) is 17.4. The minimum absolute atomic E-state index is 0.0810. The van der Waals surface area contributed by atoms with Crippen LogP contribution in [0.25, 0.3) is 6.08 Å². The van der Waals surface area contributed by atoms with Crippen molar-refractivity contribution >= 4 is 29.9 Å². The molecule has 0 aromatic heterocycles.